The molecule has 0 fully saturated rings. The molecule has 0 bridgehead atoms. The average molecular weight is 595 g/mol. The standard InChI is InChI=1S/C42H30N2O2/c1-3-15-31(16-4-1)43(32-17-13-21-35(29-32)45-34-19-5-2-6-20-34)41-27-11-12-28-42(41)46-36-22-14-18-33(30-36)44-39-25-9-7-23-37(39)38-24-8-10-26-40(38)44/h1-30H. The quantitative estimate of drug-likeness (QED) is 0.175. The second-order valence-corrected chi connectivity index (χ2v) is 11.0. The van der Waals surface area contributed by atoms with E-state index in [9.17, 15) is 0 Å². The Morgan fingerprint density at radius 1 is 0.391 bits per heavy atom. The highest BCUT2D eigenvalue weighted by molar-refractivity contribution is 6.09. The van der Waals surface area contributed by atoms with Gasteiger partial charge in [-0.1, -0.05) is 97.1 Å². The van der Waals surface area contributed by atoms with Gasteiger partial charge in [0.05, 0.1) is 16.7 Å². The van der Waals surface area contributed by atoms with Crippen molar-refractivity contribution in [3.8, 4) is 28.7 Å². The van der Waals surface area contributed by atoms with Gasteiger partial charge in [0.1, 0.15) is 17.2 Å². The van der Waals surface area contributed by atoms with E-state index in [1.165, 1.54) is 10.8 Å². The smallest absolute Gasteiger partial charge is 0.151 e. The van der Waals surface area contributed by atoms with E-state index >= 15 is 0 Å². The molecule has 220 valence electrons. The van der Waals surface area contributed by atoms with Crippen LogP contribution in [-0.2, 0) is 0 Å². The molecular weight excluding hydrogens is 564 g/mol. The molecule has 0 saturated carbocycles. The monoisotopic (exact) mass is 594 g/mol. The third kappa shape index (κ3) is 5.23. The van der Waals surface area contributed by atoms with Crippen LogP contribution < -0.4 is 14.4 Å². The number of para-hydroxylation sites is 6. The summed E-state index contributed by atoms with van der Waals surface area (Å²) in [7, 11) is 0. The van der Waals surface area contributed by atoms with E-state index in [2.05, 4.69) is 107 Å². The van der Waals surface area contributed by atoms with Crippen molar-refractivity contribution in [1.29, 1.82) is 0 Å². The van der Waals surface area contributed by atoms with E-state index in [1.54, 1.807) is 0 Å². The van der Waals surface area contributed by atoms with Gasteiger partial charge in [0.15, 0.2) is 5.75 Å². The summed E-state index contributed by atoms with van der Waals surface area (Å²) >= 11 is 0. The molecule has 0 aliphatic carbocycles. The fourth-order valence-electron chi connectivity index (χ4n) is 6.06. The molecule has 1 aromatic heterocycles. The number of benzene rings is 7. The average Bonchev–Trinajstić information content (AvgIpc) is 3.45. The second-order valence-electron chi connectivity index (χ2n) is 11.0. The Morgan fingerprint density at radius 3 is 1.67 bits per heavy atom. The number of aromatic nitrogens is 1. The first-order valence-corrected chi connectivity index (χ1v) is 15.4. The van der Waals surface area contributed by atoms with Gasteiger partial charge >= 0.3 is 0 Å². The summed E-state index contributed by atoms with van der Waals surface area (Å²) < 4.78 is 15.3. The van der Waals surface area contributed by atoms with E-state index in [0.29, 0.717) is 0 Å². The van der Waals surface area contributed by atoms with Gasteiger partial charge < -0.3 is 18.9 Å². The zero-order valence-electron chi connectivity index (χ0n) is 25.0. The molecular formula is C42H30N2O2. The van der Waals surface area contributed by atoms with Crippen molar-refractivity contribution in [3.05, 3.63) is 182 Å². The first kappa shape index (κ1) is 27.3. The van der Waals surface area contributed by atoms with Crippen molar-refractivity contribution < 1.29 is 9.47 Å². The summed E-state index contributed by atoms with van der Waals surface area (Å²) in [5.74, 6) is 3.03. The van der Waals surface area contributed by atoms with E-state index in [-0.39, 0.29) is 0 Å². The number of rotatable bonds is 8. The zero-order chi connectivity index (χ0) is 30.7. The predicted molar refractivity (Wildman–Crippen MR) is 188 cm³/mol. The highest BCUT2D eigenvalue weighted by Crippen LogP contribution is 2.43. The Bertz CT molecular complexity index is 2220. The molecule has 0 radical (unpaired) electrons. The van der Waals surface area contributed by atoms with Crippen LogP contribution in [0, 0.1) is 0 Å². The molecule has 0 saturated heterocycles. The maximum Gasteiger partial charge on any atom is 0.151 e. The summed E-state index contributed by atoms with van der Waals surface area (Å²) in [6.45, 7) is 0. The van der Waals surface area contributed by atoms with Crippen LogP contribution >= 0.6 is 0 Å². The van der Waals surface area contributed by atoms with Gasteiger partial charge in [-0.05, 0) is 72.8 Å². The lowest BCUT2D eigenvalue weighted by atomic mass is 10.1. The van der Waals surface area contributed by atoms with Gasteiger partial charge in [0, 0.05) is 40.0 Å². The lowest BCUT2D eigenvalue weighted by Gasteiger charge is -2.27. The van der Waals surface area contributed by atoms with Crippen LogP contribution in [0.3, 0.4) is 0 Å². The minimum atomic E-state index is 0.736. The van der Waals surface area contributed by atoms with Crippen molar-refractivity contribution in [3.63, 3.8) is 0 Å². The fourth-order valence-corrected chi connectivity index (χ4v) is 6.06. The molecule has 0 aliphatic rings. The van der Waals surface area contributed by atoms with Crippen molar-refractivity contribution >= 4 is 38.9 Å². The van der Waals surface area contributed by atoms with Gasteiger partial charge in [-0.2, -0.15) is 0 Å². The number of nitrogens with zero attached hydrogens (tertiary/aromatic N) is 2. The van der Waals surface area contributed by atoms with Crippen LogP contribution in [0.2, 0.25) is 0 Å². The second kappa shape index (κ2) is 12.0. The third-order valence-corrected chi connectivity index (χ3v) is 8.06. The minimum absolute atomic E-state index is 0.736. The molecule has 8 rings (SSSR count). The topological polar surface area (TPSA) is 26.6 Å². The van der Waals surface area contributed by atoms with Crippen LogP contribution in [0.4, 0.5) is 17.1 Å². The van der Waals surface area contributed by atoms with E-state index in [1.807, 2.05) is 84.9 Å². The number of ether oxygens (including phenoxy) is 2. The molecule has 0 amide bonds. The first-order chi connectivity index (χ1) is 22.8. The van der Waals surface area contributed by atoms with Crippen LogP contribution in [0.25, 0.3) is 27.5 Å². The molecule has 0 spiro atoms. The molecule has 46 heavy (non-hydrogen) atoms. The van der Waals surface area contributed by atoms with E-state index < -0.39 is 0 Å². The Morgan fingerprint density at radius 2 is 0.935 bits per heavy atom. The highest BCUT2D eigenvalue weighted by Gasteiger charge is 2.19. The number of anilines is 3. The van der Waals surface area contributed by atoms with Gasteiger partial charge in [-0.25, -0.2) is 0 Å². The first-order valence-electron chi connectivity index (χ1n) is 15.4. The molecule has 4 nitrogen and oxygen atoms in total. The molecule has 4 heteroatoms. The predicted octanol–water partition coefficient (Wildman–Crippen LogP) is 11.8. The van der Waals surface area contributed by atoms with Crippen LogP contribution in [0.15, 0.2) is 182 Å². The van der Waals surface area contributed by atoms with Crippen LogP contribution in [0.5, 0.6) is 23.0 Å². The molecule has 1 heterocycles. The lowest BCUT2D eigenvalue weighted by molar-refractivity contribution is 0.481. The molecule has 8 aromatic rings. The number of hydrogen-bond acceptors (Lipinski definition) is 3. The van der Waals surface area contributed by atoms with Gasteiger partial charge in [-0.15, -0.1) is 0 Å². The summed E-state index contributed by atoms with van der Waals surface area (Å²) in [5.41, 5.74) is 6.23. The Kier molecular flexibility index (Phi) is 7.14. The molecule has 0 unspecified atom stereocenters. The lowest BCUT2D eigenvalue weighted by Crippen LogP contribution is -2.11. The molecule has 0 N–H and O–H groups in total. The normalized spacial score (nSPS) is 11.0. The largest absolute Gasteiger partial charge is 0.457 e. The number of fused-ring (bicyclic) bond motifs is 3. The summed E-state index contributed by atoms with van der Waals surface area (Å²) in [6, 6.07) is 61.8. The Labute approximate surface area is 267 Å². The van der Waals surface area contributed by atoms with Crippen molar-refractivity contribution in [1.82, 2.24) is 4.57 Å². The Hall–Kier alpha value is -6.26. The maximum atomic E-state index is 6.74. The van der Waals surface area contributed by atoms with Crippen molar-refractivity contribution in [2.24, 2.45) is 0 Å². The van der Waals surface area contributed by atoms with E-state index in [4.69, 9.17) is 9.47 Å². The Balaban J connectivity index is 1.20. The SMILES string of the molecule is c1ccc(Oc2cccc(N(c3ccccc3)c3ccccc3Oc3cccc(-n4c5ccccc5c5ccccc54)c3)c2)cc1. The molecule has 7 aromatic carbocycles. The highest BCUT2D eigenvalue weighted by atomic mass is 16.5. The van der Waals surface area contributed by atoms with Crippen LogP contribution in [0.1, 0.15) is 0 Å². The minimum Gasteiger partial charge on any atom is -0.457 e. The van der Waals surface area contributed by atoms with Crippen molar-refractivity contribution in [2.75, 3.05) is 4.90 Å². The zero-order valence-corrected chi connectivity index (χ0v) is 25.0. The fraction of sp³-hybridized carbons (Fsp3) is 0. The molecule has 0 aliphatic heterocycles. The summed E-state index contributed by atoms with van der Waals surface area (Å²) in [5, 5.41) is 2.46. The third-order valence-electron chi connectivity index (χ3n) is 8.06. The van der Waals surface area contributed by atoms with Gasteiger partial charge in [-0.3, -0.25) is 0 Å². The summed E-state index contributed by atoms with van der Waals surface area (Å²) in [6.07, 6.45) is 0. The van der Waals surface area contributed by atoms with E-state index in [0.717, 1.165) is 56.8 Å². The molecule has 0 atom stereocenters. The van der Waals surface area contributed by atoms with Crippen molar-refractivity contribution in [2.45, 2.75) is 0 Å². The van der Waals surface area contributed by atoms with Gasteiger partial charge in [0.2, 0.25) is 0 Å². The van der Waals surface area contributed by atoms with Gasteiger partial charge in [0.25, 0.3) is 0 Å². The number of hydrogen-bond donors (Lipinski definition) is 0. The van der Waals surface area contributed by atoms with Crippen LogP contribution in [-0.4, -0.2) is 4.57 Å². The summed E-state index contributed by atoms with van der Waals surface area (Å²) in [4.78, 5) is 2.20. The maximum absolute atomic E-state index is 6.74.